The van der Waals surface area contributed by atoms with Gasteiger partial charge in [0.2, 0.25) is 0 Å². The Hall–Kier alpha value is -4.28. The first-order valence-corrected chi connectivity index (χ1v) is 15.0. The maximum atomic E-state index is 13.8. The Labute approximate surface area is 251 Å². The molecule has 0 saturated heterocycles. The van der Waals surface area contributed by atoms with E-state index in [0.717, 1.165) is 44.3 Å². The number of aliphatic hydroxyl groups excluding tert-OH is 1. The number of aryl methyl sites for hydroxylation is 2. The summed E-state index contributed by atoms with van der Waals surface area (Å²) in [6, 6.07) is 13.6. The zero-order chi connectivity index (χ0) is 30.2. The first kappa shape index (κ1) is 28.8. The van der Waals surface area contributed by atoms with Crippen LogP contribution in [0.1, 0.15) is 59.6 Å². The number of benzene rings is 1. The molecule has 0 bridgehead atoms. The lowest BCUT2D eigenvalue weighted by molar-refractivity contribution is 0.0964. The average molecular weight is 582 g/mol. The van der Waals surface area contributed by atoms with Gasteiger partial charge >= 0.3 is 0 Å². The fourth-order valence-electron chi connectivity index (χ4n) is 6.13. The minimum Gasteiger partial charge on any atom is -0.392 e. The van der Waals surface area contributed by atoms with E-state index in [1.807, 2.05) is 36.5 Å². The van der Waals surface area contributed by atoms with Crippen LogP contribution in [0, 0.1) is 0 Å². The summed E-state index contributed by atoms with van der Waals surface area (Å²) in [5.74, 6) is 0.489. The molecule has 3 aromatic heterocycles. The zero-order valence-corrected chi connectivity index (χ0v) is 25.3. The van der Waals surface area contributed by atoms with E-state index in [2.05, 4.69) is 51.8 Å². The third kappa shape index (κ3) is 5.48. The van der Waals surface area contributed by atoms with E-state index in [0.29, 0.717) is 52.3 Å². The van der Waals surface area contributed by atoms with Crippen molar-refractivity contribution in [2.75, 3.05) is 23.8 Å². The summed E-state index contributed by atoms with van der Waals surface area (Å²) in [4.78, 5) is 35.3. The molecule has 10 nitrogen and oxygen atoms in total. The van der Waals surface area contributed by atoms with Gasteiger partial charge in [0.05, 0.1) is 18.0 Å². The summed E-state index contributed by atoms with van der Waals surface area (Å²) in [5, 5.41) is 18.3. The van der Waals surface area contributed by atoms with Gasteiger partial charge in [0.15, 0.2) is 0 Å². The number of carbonyl (C=O) groups is 1. The highest BCUT2D eigenvalue weighted by Crippen LogP contribution is 2.35. The quantitative estimate of drug-likeness (QED) is 0.320. The minimum atomic E-state index is -0.299. The highest BCUT2D eigenvalue weighted by Gasteiger charge is 2.31. The van der Waals surface area contributed by atoms with Crippen molar-refractivity contribution >= 4 is 23.1 Å². The first-order valence-electron chi connectivity index (χ1n) is 15.0. The number of hydrogen-bond acceptors (Lipinski definition) is 7. The van der Waals surface area contributed by atoms with Gasteiger partial charge in [-0.05, 0) is 82.0 Å². The van der Waals surface area contributed by atoms with Gasteiger partial charge in [-0.15, -0.1) is 0 Å². The normalized spacial score (nSPS) is 14.8. The highest BCUT2D eigenvalue weighted by atomic mass is 16.3. The molecule has 0 saturated carbocycles. The standard InChI is InChI=1S/C33H39N7O3/c1-21(2)37(3)19-22-12-13-31(34-18-22)35-27-17-26(36-38(4)32(27)42)24-9-7-11-29(25(24)20-41)40-15-14-39-28-10-6-5-8-23(28)16-30(39)33(40)43/h7,9,11-13,16-18,21,41H,5-6,8,10,14-15,19-20H2,1-4H3,(H,34,35). The molecule has 6 rings (SSSR count). The second-order valence-corrected chi connectivity index (χ2v) is 11.8. The average Bonchev–Trinajstić information content (AvgIpc) is 3.40. The Bertz CT molecular complexity index is 1720. The molecule has 224 valence electrons. The number of nitrogens with one attached hydrogen (secondary N) is 1. The van der Waals surface area contributed by atoms with E-state index in [1.54, 1.807) is 18.0 Å². The van der Waals surface area contributed by atoms with Crippen LogP contribution >= 0.6 is 0 Å². The van der Waals surface area contributed by atoms with Crippen molar-refractivity contribution < 1.29 is 9.90 Å². The first-order chi connectivity index (χ1) is 20.7. The molecule has 0 atom stereocenters. The van der Waals surface area contributed by atoms with Gasteiger partial charge in [-0.1, -0.05) is 18.2 Å². The van der Waals surface area contributed by atoms with E-state index < -0.39 is 0 Å². The predicted molar refractivity (Wildman–Crippen MR) is 168 cm³/mol. The number of fused-ring (bicyclic) bond motifs is 3. The largest absolute Gasteiger partial charge is 0.392 e. The van der Waals surface area contributed by atoms with Crippen LogP contribution in [0.5, 0.6) is 0 Å². The Morgan fingerprint density at radius 2 is 1.88 bits per heavy atom. The molecular formula is C33H39N7O3. The van der Waals surface area contributed by atoms with Crippen molar-refractivity contribution in [2.45, 2.75) is 65.3 Å². The van der Waals surface area contributed by atoms with Crippen LogP contribution in [0.15, 0.2) is 53.5 Å². The molecule has 4 heterocycles. The van der Waals surface area contributed by atoms with Gasteiger partial charge in [0.25, 0.3) is 11.5 Å². The van der Waals surface area contributed by atoms with Crippen LogP contribution in [-0.2, 0) is 39.6 Å². The van der Waals surface area contributed by atoms with Gasteiger partial charge in [0, 0.05) is 55.7 Å². The molecular weight excluding hydrogens is 542 g/mol. The van der Waals surface area contributed by atoms with Gasteiger partial charge in [-0.2, -0.15) is 5.10 Å². The smallest absolute Gasteiger partial charge is 0.290 e. The van der Waals surface area contributed by atoms with Gasteiger partial charge in [0.1, 0.15) is 17.2 Å². The third-order valence-corrected chi connectivity index (χ3v) is 8.76. The maximum Gasteiger partial charge on any atom is 0.290 e. The van der Waals surface area contributed by atoms with Crippen LogP contribution < -0.4 is 15.8 Å². The Kier molecular flexibility index (Phi) is 7.89. The molecule has 43 heavy (non-hydrogen) atoms. The molecule has 1 amide bonds. The van der Waals surface area contributed by atoms with E-state index in [9.17, 15) is 14.7 Å². The lowest BCUT2D eigenvalue weighted by Crippen LogP contribution is -2.41. The number of pyridine rings is 1. The van der Waals surface area contributed by atoms with Crippen molar-refractivity contribution in [2.24, 2.45) is 7.05 Å². The number of anilines is 3. The second kappa shape index (κ2) is 11.8. The van der Waals surface area contributed by atoms with Crippen LogP contribution in [0.4, 0.5) is 17.2 Å². The van der Waals surface area contributed by atoms with Crippen molar-refractivity contribution in [3.63, 3.8) is 0 Å². The van der Waals surface area contributed by atoms with Gasteiger partial charge in [-0.25, -0.2) is 9.67 Å². The zero-order valence-electron chi connectivity index (χ0n) is 25.3. The molecule has 4 aromatic rings. The van der Waals surface area contributed by atoms with E-state index in [1.165, 1.54) is 15.9 Å². The third-order valence-electron chi connectivity index (χ3n) is 8.76. The summed E-state index contributed by atoms with van der Waals surface area (Å²) < 4.78 is 3.46. The number of rotatable bonds is 8. The van der Waals surface area contributed by atoms with Gasteiger partial charge in [-0.3, -0.25) is 14.5 Å². The number of hydrogen-bond donors (Lipinski definition) is 2. The molecule has 0 spiro atoms. The van der Waals surface area contributed by atoms with Crippen molar-refractivity contribution in [3.8, 4) is 11.3 Å². The van der Waals surface area contributed by atoms with E-state index in [4.69, 9.17) is 0 Å². The molecule has 1 aliphatic heterocycles. The summed E-state index contributed by atoms with van der Waals surface area (Å²) in [6.45, 7) is 6.02. The fraction of sp³-hybridized carbons (Fsp3) is 0.394. The topological polar surface area (TPSA) is 109 Å². The monoisotopic (exact) mass is 581 g/mol. The second-order valence-electron chi connectivity index (χ2n) is 11.8. The predicted octanol–water partition coefficient (Wildman–Crippen LogP) is 4.26. The molecule has 0 fully saturated rings. The number of aliphatic hydroxyl groups is 1. The molecule has 10 heteroatoms. The molecule has 1 aliphatic carbocycles. The highest BCUT2D eigenvalue weighted by molar-refractivity contribution is 6.07. The van der Waals surface area contributed by atoms with E-state index >= 15 is 0 Å². The summed E-state index contributed by atoms with van der Waals surface area (Å²) in [7, 11) is 3.67. The van der Waals surface area contributed by atoms with Crippen molar-refractivity contribution in [1.82, 2.24) is 24.2 Å². The molecule has 0 radical (unpaired) electrons. The van der Waals surface area contributed by atoms with Crippen LogP contribution in [0.2, 0.25) is 0 Å². The van der Waals surface area contributed by atoms with Crippen molar-refractivity contribution in [3.05, 3.63) is 87.1 Å². The Morgan fingerprint density at radius 1 is 1.07 bits per heavy atom. The maximum absolute atomic E-state index is 13.8. The molecule has 2 N–H and O–H groups in total. The fourth-order valence-corrected chi connectivity index (χ4v) is 6.13. The summed E-state index contributed by atoms with van der Waals surface area (Å²) in [5.41, 5.74) is 6.81. The lowest BCUT2D eigenvalue weighted by Gasteiger charge is -2.31. The Morgan fingerprint density at radius 3 is 2.63 bits per heavy atom. The molecule has 2 aliphatic rings. The Balaban J connectivity index is 1.31. The van der Waals surface area contributed by atoms with E-state index in [-0.39, 0.29) is 18.1 Å². The van der Waals surface area contributed by atoms with Gasteiger partial charge < -0.3 is 19.9 Å². The summed E-state index contributed by atoms with van der Waals surface area (Å²) in [6.07, 6.45) is 6.16. The number of amides is 1. The molecule has 1 aromatic carbocycles. The molecule has 0 unspecified atom stereocenters. The summed E-state index contributed by atoms with van der Waals surface area (Å²) >= 11 is 0. The SMILES string of the molecule is CC(C)N(C)Cc1ccc(Nc2cc(-c3cccc(N4CCn5c(cc6c5CCCC6)C4=O)c3CO)nn(C)c2=O)nc1. The van der Waals surface area contributed by atoms with Crippen LogP contribution in [0.3, 0.4) is 0 Å². The van der Waals surface area contributed by atoms with Crippen LogP contribution in [0.25, 0.3) is 11.3 Å². The number of aromatic nitrogens is 4. The van der Waals surface area contributed by atoms with Crippen molar-refractivity contribution in [1.29, 1.82) is 0 Å². The van der Waals surface area contributed by atoms with Crippen LogP contribution in [-0.4, -0.2) is 54.9 Å². The minimum absolute atomic E-state index is 0.0580. The number of nitrogens with zero attached hydrogens (tertiary/aromatic N) is 6. The number of carbonyl (C=O) groups excluding carboxylic acids is 1. The lowest BCUT2D eigenvalue weighted by atomic mass is 9.98.